The largest absolute Gasteiger partial charge is 0.408 e. The van der Waals surface area contributed by atoms with Crippen LogP contribution in [0.25, 0.3) is 0 Å². The van der Waals surface area contributed by atoms with Crippen LogP contribution in [0.4, 0.5) is 0 Å². The van der Waals surface area contributed by atoms with Crippen LogP contribution >= 0.6 is 0 Å². The highest BCUT2D eigenvalue weighted by molar-refractivity contribution is 7.07. The SMILES string of the molecule is CO[Si](OC)(c1ccccc1)c1ccc([Si](OC)(c2ccc([Si](OC)(OC)c3ccccc3)cc2)c2ccc([Si](OC)(OC)c3ccccc3)cc2)cc1. The van der Waals surface area contributed by atoms with E-state index < -0.39 is 34.0 Å². The maximum Gasteiger partial charge on any atom is 0.406 e. The lowest BCUT2D eigenvalue weighted by molar-refractivity contribution is 0.272. The molecule has 54 heavy (non-hydrogen) atoms. The lowest BCUT2D eigenvalue weighted by Crippen LogP contribution is -2.70. The van der Waals surface area contributed by atoms with Gasteiger partial charge < -0.3 is 31.0 Å². The van der Waals surface area contributed by atoms with E-state index in [0.29, 0.717) is 0 Å². The molecule has 0 saturated heterocycles. The molecule has 0 spiro atoms. The Bertz CT molecular complexity index is 1820. The van der Waals surface area contributed by atoms with Crippen LogP contribution in [-0.2, 0) is 31.0 Å². The number of hydrogen-bond donors (Lipinski definition) is 0. The highest BCUT2D eigenvalue weighted by Gasteiger charge is 2.47. The first kappa shape index (κ1) is 39.6. The fraction of sp³-hybridized carbons (Fsp3) is 0.163. The van der Waals surface area contributed by atoms with Gasteiger partial charge in [-0.1, -0.05) is 164 Å². The van der Waals surface area contributed by atoms with E-state index in [1.807, 2.05) is 61.7 Å². The molecule has 0 aliphatic rings. The van der Waals surface area contributed by atoms with Crippen molar-refractivity contribution < 1.29 is 31.0 Å². The Hall–Kier alpha value is -4.09. The molecular formula is C43H48O7Si4. The fourth-order valence-corrected chi connectivity index (χ4v) is 19.4. The molecule has 0 atom stereocenters. The van der Waals surface area contributed by atoms with Crippen molar-refractivity contribution in [3.05, 3.63) is 164 Å². The minimum absolute atomic E-state index is 1.00. The topological polar surface area (TPSA) is 64.6 Å². The maximum absolute atomic E-state index is 6.87. The van der Waals surface area contributed by atoms with Gasteiger partial charge in [0, 0.05) is 49.8 Å². The van der Waals surface area contributed by atoms with Crippen LogP contribution in [0.15, 0.2) is 164 Å². The van der Waals surface area contributed by atoms with Crippen molar-refractivity contribution in [2.75, 3.05) is 49.8 Å². The summed E-state index contributed by atoms with van der Waals surface area (Å²) in [6.45, 7) is 0. The molecule has 0 saturated carbocycles. The third kappa shape index (κ3) is 6.76. The molecular weight excluding hydrogens is 741 g/mol. The highest BCUT2D eigenvalue weighted by atomic mass is 28.4. The minimum Gasteiger partial charge on any atom is -0.408 e. The molecule has 6 aromatic carbocycles. The van der Waals surface area contributed by atoms with Crippen molar-refractivity contribution in [2.24, 2.45) is 0 Å². The summed E-state index contributed by atoms with van der Waals surface area (Å²) >= 11 is 0. The second kappa shape index (κ2) is 17.1. The van der Waals surface area contributed by atoms with E-state index in [1.54, 1.807) is 42.7 Å². The third-order valence-electron chi connectivity index (χ3n) is 10.5. The summed E-state index contributed by atoms with van der Waals surface area (Å²) in [6, 6.07) is 56.4. The Labute approximate surface area is 323 Å². The van der Waals surface area contributed by atoms with Crippen LogP contribution in [0.1, 0.15) is 0 Å². The Morgan fingerprint density at radius 2 is 0.407 bits per heavy atom. The summed E-state index contributed by atoms with van der Waals surface area (Å²) in [5.41, 5.74) is 0. The number of rotatable bonds is 16. The Morgan fingerprint density at radius 3 is 0.593 bits per heavy atom. The fourth-order valence-electron chi connectivity index (χ4n) is 7.76. The van der Waals surface area contributed by atoms with E-state index in [4.69, 9.17) is 31.0 Å². The molecule has 0 bridgehead atoms. The first-order valence-corrected chi connectivity index (χ1v) is 25.1. The molecule has 7 nitrogen and oxygen atoms in total. The highest BCUT2D eigenvalue weighted by Crippen LogP contribution is 2.14. The first-order chi connectivity index (χ1) is 26.4. The lowest BCUT2D eigenvalue weighted by Gasteiger charge is -2.34. The van der Waals surface area contributed by atoms with Gasteiger partial charge in [0.05, 0.1) is 0 Å². The Balaban J connectivity index is 1.52. The summed E-state index contributed by atoms with van der Waals surface area (Å²) in [6.07, 6.45) is 0. The van der Waals surface area contributed by atoms with Crippen molar-refractivity contribution in [3.8, 4) is 0 Å². The predicted molar refractivity (Wildman–Crippen MR) is 227 cm³/mol. The molecule has 6 rings (SSSR count). The molecule has 0 aliphatic heterocycles. The third-order valence-corrected chi connectivity index (χ3v) is 24.6. The first-order valence-electron chi connectivity index (χ1n) is 17.7. The van der Waals surface area contributed by atoms with E-state index in [1.165, 1.54) is 0 Å². The van der Waals surface area contributed by atoms with Gasteiger partial charge in [-0.25, -0.2) is 0 Å². The quantitative estimate of drug-likeness (QED) is 0.110. The smallest absolute Gasteiger partial charge is 0.406 e. The zero-order chi connectivity index (χ0) is 38.2. The molecule has 0 heterocycles. The van der Waals surface area contributed by atoms with E-state index in [9.17, 15) is 0 Å². The van der Waals surface area contributed by atoms with Gasteiger partial charge in [-0.05, 0) is 46.7 Å². The second-order valence-electron chi connectivity index (χ2n) is 12.8. The second-order valence-corrected chi connectivity index (χ2v) is 25.9. The van der Waals surface area contributed by atoms with E-state index in [-0.39, 0.29) is 0 Å². The van der Waals surface area contributed by atoms with Gasteiger partial charge in [-0.2, -0.15) is 0 Å². The molecule has 6 aromatic rings. The molecule has 0 fully saturated rings. The van der Waals surface area contributed by atoms with Crippen LogP contribution in [-0.4, -0.2) is 83.8 Å². The van der Waals surface area contributed by atoms with Crippen LogP contribution < -0.4 is 46.7 Å². The van der Waals surface area contributed by atoms with E-state index in [2.05, 4.69) is 109 Å². The van der Waals surface area contributed by atoms with E-state index >= 15 is 0 Å². The molecule has 0 radical (unpaired) electrons. The number of benzene rings is 6. The van der Waals surface area contributed by atoms with Gasteiger partial charge in [-0.15, -0.1) is 0 Å². The van der Waals surface area contributed by atoms with Gasteiger partial charge >= 0.3 is 25.7 Å². The van der Waals surface area contributed by atoms with Crippen LogP contribution in [0, 0.1) is 0 Å². The molecule has 0 N–H and O–H groups in total. The molecule has 0 aliphatic carbocycles. The minimum atomic E-state index is -3.14. The zero-order valence-electron chi connectivity index (χ0n) is 31.9. The van der Waals surface area contributed by atoms with Gasteiger partial charge in [0.25, 0.3) is 8.32 Å². The summed E-state index contributed by atoms with van der Waals surface area (Å²) in [4.78, 5) is 0. The van der Waals surface area contributed by atoms with Gasteiger partial charge in [0.15, 0.2) is 0 Å². The van der Waals surface area contributed by atoms with Gasteiger partial charge in [0.2, 0.25) is 0 Å². The van der Waals surface area contributed by atoms with Gasteiger partial charge in [-0.3, -0.25) is 0 Å². The summed E-state index contributed by atoms with van der Waals surface area (Å²) in [7, 11) is 0.170. The Morgan fingerprint density at radius 1 is 0.222 bits per heavy atom. The molecule has 11 heteroatoms. The molecule has 0 amide bonds. The summed E-state index contributed by atoms with van der Waals surface area (Å²) in [5, 5.41) is 9.35. The monoisotopic (exact) mass is 788 g/mol. The average Bonchev–Trinajstić information content (AvgIpc) is 3.26. The van der Waals surface area contributed by atoms with Crippen molar-refractivity contribution in [1.82, 2.24) is 0 Å². The molecule has 0 aromatic heterocycles. The molecule has 278 valence electrons. The van der Waals surface area contributed by atoms with Crippen molar-refractivity contribution in [3.63, 3.8) is 0 Å². The standard InChI is InChI=1S/C43H48O7Si4/c1-44-51(35-23-29-41(30-24-35)52(45-2,46-3)38-17-11-8-12-18-38,36-25-31-42(32-26-36)53(47-4,48-5)39-19-13-9-14-20-39)37-27-33-43(34-28-37)54(49-6,50-7)40-21-15-10-16-22-40/h8-34H,1-7H3. The van der Waals surface area contributed by atoms with Crippen LogP contribution in [0.5, 0.6) is 0 Å². The van der Waals surface area contributed by atoms with Crippen molar-refractivity contribution in [2.45, 2.75) is 0 Å². The van der Waals surface area contributed by atoms with E-state index in [0.717, 1.165) is 46.7 Å². The van der Waals surface area contributed by atoms with Crippen LogP contribution in [0.3, 0.4) is 0 Å². The summed E-state index contributed by atoms with van der Waals surface area (Å²) in [5.74, 6) is 0. The Kier molecular flexibility index (Phi) is 12.6. The van der Waals surface area contributed by atoms with Crippen LogP contribution in [0.2, 0.25) is 0 Å². The normalized spacial score (nSPS) is 12.5. The molecule has 0 unspecified atom stereocenters. The average molecular weight is 789 g/mol. The lowest BCUT2D eigenvalue weighted by atomic mass is 10.3. The number of hydrogen-bond acceptors (Lipinski definition) is 7. The van der Waals surface area contributed by atoms with Crippen molar-refractivity contribution in [1.29, 1.82) is 0 Å². The van der Waals surface area contributed by atoms with Gasteiger partial charge in [0.1, 0.15) is 0 Å². The maximum atomic E-state index is 6.87. The van der Waals surface area contributed by atoms with Crippen molar-refractivity contribution >= 4 is 80.7 Å². The summed E-state index contributed by atoms with van der Waals surface area (Å²) < 4.78 is 44.3. The predicted octanol–water partition coefficient (Wildman–Crippen LogP) is 1.85. The zero-order valence-corrected chi connectivity index (χ0v) is 35.9.